The zero-order valence-corrected chi connectivity index (χ0v) is 10.6. The summed E-state index contributed by atoms with van der Waals surface area (Å²) in [5.74, 6) is -2.36. The van der Waals surface area contributed by atoms with Gasteiger partial charge in [-0.3, -0.25) is 9.59 Å². The number of ether oxygens (including phenoxy) is 1. The van der Waals surface area contributed by atoms with Gasteiger partial charge in [0.2, 0.25) is 5.91 Å². The van der Waals surface area contributed by atoms with Crippen LogP contribution < -0.4 is 11.1 Å². The second-order valence-electron chi connectivity index (χ2n) is 4.59. The Bertz CT molecular complexity index is 564. The van der Waals surface area contributed by atoms with Crippen molar-refractivity contribution in [3.05, 3.63) is 35.4 Å². The fraction of sp³-hybridized carbons (Fsp3) is 0.308. The summed E-state index contributed by atoms with van der Waals surface area (Å²) in [5.41, 5.74) is 4.23. The molecule has 1 fully saturated rings. The van der Waals surface area contributed by atoms with Crippen molar-refractivity contribution in [1.82, 2.24) is 5.32 Å². The highest BCUT2D eigenvalue weighted by Gasteiger charge is 2.42. The van der Waals surface area contributed by atoms with Crippen molar-refractivity contribution in [2.24, 2.45) is 5.73 Å². The Kier molecular flexibility index (Phi) is 3.71. The molecule has 1 heterocycles. The first-order chi connectivity index (χ1) is 9.44. The Morgan fingerprint density at radius 1 is 1.30 bits per heavy atom. The number of carbonyl (C=O) groups excluding carboxylic acids is 2. The van der Waals surface area contributed by atoms with Crippen molar-refractivity contribution in [3.8, 4) is 0 Å². The van der Waals surface area contributed by atoms with Crippen LogP contribution in [0.5, 0.6) is 0 Å². The average Bonchev–Trinajstić information content (AvgIpc) is 2.88. The minimum Gasteiger partial charge on any atom is -0.478 e. The number of nitrogens with two attached hydrogens (primary N) is 1. The monoisotopic (exact) mass is 278 g/mol. The topological polar surface area (TPSA) is 119 Å². The third kappa shape index (κ3) is 2.62. The molecule has 7 heteroatoms. The van der Waals surface area contributed by atoms with E-state index in [2.05, 4.69) is 5.32 Å². The minimum atomic E-state index is -1.23. The van der Waals surface area contributed by atoms with Crippen molar-refractivity contribution in [3.63, 3.8) is 0 Å². The van der Waals surface area contributed by atoms with Crippen LogP contribution in [0.2, 0.25) is 0 Å². The van der Waals surface area contributed by atoms with Crippen LogP contribution in [0.15, 0.2) is 24.3 Å². The molecule has 0 spiro atoms. The van der Waals surface area contributed by atoms with Gasteiger partial charge in [0.1, 0.15) is 5.54 Å². The maximum atomic E-state index is 12.1. The molecule has 1 aliphatic rings. The first-order valence-electron chi connectivity index (χ1n) is 5.98. The minimum absolute atomic E-state index is 0.00607. The van der Waals surface area contributed by atoms with E-state index in [-0.39, 0.29) is 17.7 Å². The molecule has 1 saturated heterocycles. The molecule has 2 rings (SSSR count). The number of carboxylic acids is 1. The Hall–Kier alpha value is -2.41. The molecule has 1 atom stereocenters. The lowest BCUT2D eigenvalue weighted by atomic mass is 9.97. The molecular formula is C13H14N2O5. The summed E-state index contributed by atoms with van der Waals surface area (Å²) >= 11 is 0. The van der Waals surface area contributed by atoms with Gasteiger partial charge in [-0.2, -0.15) is 0 Å². The molecule has 106 valence electrons. The van der Waals surface area contributed by atoms with Crippen LogP contribution in [0.3, 0.4) is 0 Å². The number of benzene rings is 1. The summed E-state index contributed by atoms with van der Waals surface area (Å²) in [7, 11) is 0. The van der Waals surface area contributed by atoms with E-state index in [1.54, 1.807) is 0 Å². The van der Waals surface area contributed by atoms with Gasteiger partial charge < -0.3 is 20.9 Å². The summed E-state index contributed by atoms with van der Waals surface area (Å²) in [6.07, 6.45) is 0.298. The van der Waals surface area contributed by atoms with E-state index in [9.17, 15) is 14.4 Å². The second-order valence-corrected chi connectivity index (χ2v) is 4.59. The number of nitrogens with one attached hydrogen (secondary N) is 1. The standard InChI is InChI=1S/C13H14N2O5/c14-12(19)13(4-5-20-7-13)15-10(16)8-2-1-3-9(6-8)11(17)18/h1-3,6H,4-5,7H2,(H2,14,19)(H,15,16)(H,17,18). The Balaban J connectivity index is 2.21. The van der Waals surface area contributed by atoms with E-state index in [4.69, 9.17) is 15.6 Å². The lowest BCUT2D eigenvalue weighted by molar-refractivity contribution is -0.124. The molecule has 1 aromatic carbocycles. The first kappa shape index (κ1) is 14.0. The summed E-state index contributed by atoms with van der Waals surface area (Å²) in [6, 6.07) is 5.54. The summed E-state index contributed by atoms with van der Waals surface area (Å²) in [5, 5.41) is 11.4. The Morgan fingerprint density at radius 3 is 2.55 bits per heavy atom. The summed E-state index contributed by atoms with van der Waals surface area (Å²) in [4.78, 5) is 34.5. The highest BCUT2D eigenvalue weighted by atomic mass is 16.5. The number of hydrogen-bond acceptors (Lipinski definition) is 4. The predicted octanol–water partition coefficient (Wildman–Crippen LogP) is -0.241. The molecule has 2 amide bonds. The van der Waals surface area contributed by atoms with E-state index in [1.165, 1.54) is 24.3 Å². The number of amides is 2. The van der Waals surface area contributed by atoms with Gasteiger partial charge in [0, 0.05) is 18.6 Å². The zero-order valence-electron chi connectivity index (χ0n) is 10.6. The Labute approximate surface area is 114 Å². The van der Waals surface area contributed by atoms with Crippen molar-refractivity contribution in [1.29, 1.82) is 0 Å². The smallest absolute Gasteiger partial charge is 0.335 e. The van der Waals surface area contributed by atoms with E-state index < -0.39 is 23.3 Å². The molecule has 0 saturated carbocycles. The Morgan fingerprint density at radius 2 is 2.00 bits per heavy atom. The van der Waals surface area contributed by atoms with Crippen molar-refractivity contribution >= 4 is 17.8 Å². The summed E-state index contributed by atoms with van der Waals surface area (Å²) < 4.78 is 5.11. The average molecular weight is 278 g/mol. The maximum Gasteiger partial charge on any atom is 0.335 e. The predicted molar refractivity (Wildman–Crippen MR) is 68.2 cm³/mol. The fourth-order valence-corrected chi connectivity index (χ4v) is 2.00. The van der Waals surface area contributed by atoms with Crippen LogP contribution in [0.25, 0.3) is 0 Å². The number of carboxylic acid groups (broad SMARTS) is 1. The van der Waals surface area contributed by atoms with Gasteiger partial charge in [-0.15, -0.1) is 0 Å². The van der Waals surface area contributed by atoms with Crippen molar-refractivity contribution in [2.45, 2.75) is 12.0 Å². The van der Waals surface area contributed by atoms with Crippen LogP contribution in [-0.2, 0) is 9.53 Å². The highest BCUT2D eigenvalue weighted by molar-refractivity contribution is 6.00. The van der Waals surface area contributed by atoms with Gasteiger partial charge in [0.25, 0.3) is 5.91 Å². The van der Waals surface area contributed by atoms with Gasteiger partial charge in [-0.25, -0.2) is 4.79 Å². The number of rotatable bonds is 4. The molecule has 20 heavy (non-hydrogen) atoms. The van der Waals surface area contributed by atoms with E-state index in [0.717, 1.165) is 0 Å². The molecule has 1 aliphatic heterocycles. The fourth-order valence-electron chi connectivity index (χ4n) is 2.00. The SMILES string of the molecule is NC(=O)C1(NC(=O)c2cccc(C(=O)O)c2)CCOC1. The van der Waals surface area contributed by atoms with E-state index in [1.807, 2.05) is 0 Å². The van der Waals surface area contributed by atoms with E-state index in [0.29, 0.717) is 13.0 Å². The highest BCUT2D eigenvalue weighted by Crippen LogP contribution is 2.19. The third-order valence-electron chi connectivity index (χ3n) is 3.22. The quantitative estimate of drug-likeness (QED) is 0.702. The molecule has 0 radical (unpaired) electrons. The summed E-state index contributed by atoms with van der Waals surface area (Å²) in [6.45, 7) is 0.352. The van der Waals surface area contributed by atoms with Gasteiger partial charge in [-0.1, -0.05) is 6.07 Å². The number of aromatic carboxylic acids is 1. The zero-order chi connectivity index (χ0) is 14.8. The maximum absolute atomic E-state index is 12.1. The number of hydrogen-bond donors (Lipinski definition) is 3. The van der Waals surface area contributed by atoms with Gasteiger partial charge >= 0.3 is 5.97 Å². The van der Waals surface area contributed by atoms with Crippen LogP contribution in [0.4, 0.5) is 0 Å². The molecule has 0 aromatic heterocycles. The van der Waals surface area contributed by atoms with Crippen LogP contribution in [0.1, 0.15) is 27.1 Å². The molecule has 1 unspecified atom stereocenters. The van der Waals surface area contributed by atoms with Gasteiger partial charge in [0.05, 0.1) is 12.2 Å². The first-order valence-corrected chi connectivity index (χ1v) is 5.98. The number of primary amides is 1. The van der Waals surface area contributed by atoms with E-state index >= 15 is 0 Å². The molecule has 0 bridgehead atoms. The van der Waals surface area contributed by atoms with Crippen LogP contribution in [0, 0.1) is 0 Å². The lowest BCUT2D eigenvalue weighted by Gasteiger charge is -2.24. The molecule has 7 nitrogen and oxygen atoms in total. The molecule has 4 N–H and O–H groups in total. The lowest BCUT2D eigenvalue weighted by Crippen LogP contribution is -2.58. The second kappa shape index (κ2) is 5.30. The third-order valence-corrected chi connectivity index (χ3v) is 3.22. The normalized spacial score (nSPS) is 21.4. The van der Waals surface area contributed by atoms with Crippen molar-refractivity contribution < 1.29 is 24.2 Å². The molecule has 0 aliphatic carbocycles. The molecular weight excluding hydrogens is 264 g/mol. The van der Waals surface area contributed by atoms with Crippen LogP contribution >= 0.6 is 0 Å². The van der Waals surface area contributed by atoms with Crippen LogP contribution in [-0.4, -0.2) is 41.6 Å². The largest absolute Gasteiger partial charge is 0.478 e. The van der Waals surface area contributed by atoms with Gasteiger partial charge in [0.15, 0.2) is 0 Å². The molecule has 1 aromatic rings. The van der Waals surface area contributed by atoms with Gasteiger partial charge in [-0.05, 0) is 18.2 Å². The number of carbonyl (C=O) groups is 3. The van der Waals surface area contributed by atoms with Crippen molar-refractivity contribution in [2.75, 3.05) is 13.2 Å².